The van der Waals surface area contributed by atoms with Crippen LogP contribution in [0, 0.1) is 0 Å². The van der Waals surface area contributed by atoms with Gasteiger partial charge in [0.2, 0.25) is 0 Å². The highest BCUT2D eigenvalue weighted by atomic mass is 32.2. The van der Waals surface area contributed by atoms with Crippen LogP contribution in [0.3, 0.4) is 0 Å². The molecule has 76 valence electrons. The number of methoxy groups -OCH3 is 1. The summed E-state index contributed by atoms with van der Waals surface area (Å²) < 4.78 is 9.79. The predicted molar refractivity (Wildman–Crippen MR) is 55.9 cm³/mol. The smallest absolute Gasteiger partial charge is 0.371 e. The molecule has 0 aliphatic heterocycles. The number of thioether (sulfide) groups is 1. The van der Waals surface area contributed by atoms with Crippen LogP contribution in [-0.2, 0) is 4.74 Å². The lowest BCUT2D eigenvalue weighted by molar-refractivity contribution is 0.200. The van der Waals surface area contributed by atoms with Crippen LogP contribution >= 0.6 is 11.8 Å². The average molecular weight is 212 g/mol. The van der Waals surface area contributed by atoms with Gasteiger partial charge in [-0.15, -0.1) is 0 Å². The van der Waals surface area contributed by atoms with Gasteiger partial charge in [-0.1, -0.05) is 0 Å². The summed E-state index contributed by atoms with van der Waals surface area (Å²) in [5.41, 5.74) is 0. The van der Waals surface area contributed by atoms with E-state index < -0.39 is 0 Å². The second-order valence-corrected chi connectivity index (χ2v) is 3.47. The molecule has 0 fully saturated rings. The highest BCUT2D eigenvalue weighted by molar-refractivity contribution is 8.13. The minimum absolute atomic E-state index is 0.311. The van der Waals surface area contributed by atoms with Gasteiger partial charge in [0.25, 0.3) is 0 Å². The lowest BCUT2D eigenvalue weighted by atomic mass is 10.3. The maximum atomic E-state index is 10.9. The third-order valence-electron chi connectivity index (χ3n) is 1.50. The Bertz CT molecular complexity index is 295. The van der Waals surface area contributed by atoms with E-state index in [1.165, 1.54) is 7.11 Å². The lowest BCUT2D eigenvalue weighted by Crippen LogP contribution is -1.92. The first-order chi connectivity index (χ1) is 6.76. The third-order valence-corrected chi connectivity index (χ3v) is 2.34. The largest absolute Gasteiger partial charge is 0.494 e. The minimum Gasteiger partial charge on any atom is -0.494 e. The summed E-state index contributed by atoms with van der Waals surface area (Å²) in [7, 11) is 1.36. The fourth-order valence-electron chi connectivity index (χ4n) is 0.908. The average Bonchev–Trinajstić information content (AvgIpc) is 2.21. The SMILES string of the molecule is CCOc1ccc(SC(=O)OC)cc1. The van der Waals surface area contributed by atoms with Crippen molar-refractivity contribution < 1.29 is 14.3 Å². The van der Waals surface area contributed by atoms with E-state index in [-0.39, 0.29) is 5.30 Å². The highest BCUT2D eigenvalue weighted by Crippen LogP contribution is 2.22. The van der Waals surface area contributed by atoms with Gasteiger partial charge < -0.3 is 9.47 Å². The summed E-state index contributed by atoms with van der Waals surface area (Å²) in [6.45, 7) is 2.57. The molecule has 0 aliphatic carbocycles. The number of rotatable bonds is 3. The van der Waals surface area contributed by atoms with Gasteiger partial charge in [0.1, 0.15) is 5.75 Å². The number of carbonyl (C=O) groups is 1. The van der Waals surface area contributed by atoms with E-state index in [1.807, 2.05) is 31.2 Å². The van der Waals surface area contributed by atoms with Gasteiger partial charge in [-0.3, -0.25) is 0 Å². The zero-order valence-corrected chi connectivity index (χ0v) is 8.97. The molecule has 0 amide bonds. The monoisotopic (exact) mass is 212 g/mol. The summed E-state index contributed by atoms with van der Waals surface area (Å²) >= 11 is 1.05. The van der Waals surface area contributed by atoms with Crippen LogP contribution in [-0.4, -0.2) is 19.0 Å². The van der Waals surface area contributed by atoms with Gasteiger partial charge in [0.05, 0.1) is 13.7 Å². The van der Waals surface area contributed by atoms with E-state index in [1.54, 1.807) is 0 Å². The van der Waals surface area contributed by atoms with Crippen molar-refractivity contribution in [2.75, 3.05) is 13.7 Å². The maximum absolute atomic E-state index is 10.9. The van der Waals surface area contributed by atoms with Crippen LogP contribution < -0.4 is 4.74 Å². The second-order valence-electron chi connectivity index (χ2n) is 2.46. The van der Waals surface area contributed by atoms with Gasteiger partial charge in [0.15, 0.2) is 0 Å². The molecule has 0 aromatic heterocycles. The molecule has 0 bridgehead atoms. The van der Waals surface area contributed by atoms with Gasteiger partial charge in [-0.25, -0.2) is 4.79 Å². The van der Waals surface area contributed by atoms with E-state index in [0.717, 1.165) is 22.4 Å². The van der Waals surface area contributed by atoms with E-state index in [2.05, 4.69) is 4.74 Å². The first-order valence-electron chi connectivity index (χ1n) is 4.25. The Labute approximate surface area is 87.4 Å². The molecule has 0 heterocycles. The number of hydrogen-bond acceptors (Lipinski definition) is 4. The molecule has 0 N–H and O–H groups in total. The minimum atomic E-state index is -0.311. The van der Waals surface area contributed by atoms with Crippen LogP contribution in [0.4, 0.5) is 4.79 Å². The number of hydrogen-bond donors (Lipinski definition) is 0. The molecule has 0 saturated heterocycles. The van der Waals surface area contributed by atoms with Crippen molar-refractivity contribution in [2.24, 2.45) is 0 Å². The summed E-state index contributed by atoms with van der Waals surface area (Å²) in [5.74, 6) is 0.807. The molecule has 0 saturated carbocycles. The molecule has 4 heteroatoms. The van der Waals surface area contributed by atoms with Crippen LogP contribution in [0.1, 0.15) is 6.92 Å². The number of carbonyl (C=O) groups excluding carboxylic acids is 1. The quantitative estimate of drug-likeness (QED) is 0.570. The molecular weight excluding hydrogens is 200 g/mol. The summed E-state index contributed by atoms with van der Waals surface area (Å²) in [4.78, 5) is 11.7. The Balaban J connectivity index is 2.59. The van der Waals surface area contributed by atoms with E-state index in [9.17, 15) is 4.79 Å². The first kappa shape index (κ1) is 10.9. The predicted octanol–water partition coefficient (Wildman–Crippen LogP) is 2.94. The molecule has 0 radical (unpaired) electrons. The van der Waals surface area contributed by atoms with Gasteiger partial charge >= 0.3 is 5.30 Å². The Morgan fingerprint density at radius 3 is 2.50 bits per heavy atom. The Morgan fingerprint density at radius 1 is 1.36 bits per heavy atom. The molecule has 1 aromatic carbocycles. The first-order valence-corrected chi connectivity index (χ1v) is 5.06. The van der Waals surface area contributed by atoms with Crippen LogP contribution in [0.5, 0.6) is 5.75 Å². The van der Waals surface area contributed by atoms with Crippen molar-refractivity contribution in [1.82, 2.24) is 0 Å². The van der Waals surface area contributed by atoms with Crippen molar-refractivity contribution in [2.45, 2.75) is 11.8 Å². The summed E-state index contributed by atoms with van der Waals surface area (Å²) in [6.07, 6.45) is 0. The van der Waals surface area contributed by atoms with Crippen molar-refractivity contribution >= 4 is 17.1 Å². The molecular formula is C10H12O3S. The van der Waals surface area contributed by atoms with Crippen molar-refractivity contribution in [1.29, 1.82) is 0 Å². The fourth-order valence-corrected chi connectivity index (χ4v) is 1.46. The molecule has 3 nitrogen and oxygen atoms in total. The molecule has 0 aliphatic rings. The normalized spacial score (nSPS) is 9.57. The molecule has 0 atom stereocenters. The van der Waals surface area contributed by atoms with Gasteiger partial charge in [-0.2, -0.15) is 0 Å². The van der Waals surface area contributed by atoms with E-state index >= 15 is 0 Å². The lowest BCUT2D eigenvalue weighted by Gasteiger charge is -2.03. The molecule has 14 heavy (non-hydrogen) atoms. The van der Waals surface area contributed by atoms with Gasteiger partial charge in [-0.05, 0) is 43.0 Å². The Kier molecular flexibility index (Phi) is 4.32. The molecule has 1 aromatic rings. The topological polar surface area (TPSA) is 35.5 Å². The second kappa shape index (κ2) is 5.54. The molecule has 0 spiro atoms. The standard InChI is InChI=1S/C10H12O3S/c1-3-13-8-4-6-9(7-5-8)14-10(11)12-2/h4-7H,3H2,1-2H3. The Morgan fingerprint density at radius 2 is 2.00 bits per heavy atom. The van der Waals surface area contributed by atoms with E-state index in [0.29, 0.717) is 6.61 Å². The highest BCUT2D eigenvalue weighted by Gasteiger charge is 2.03. The summed E-state index contributed by atoms with van der Waals surface area (Å²) in [6, 6.07) is 7.31. The number of benzene rings is 1. The van der Waals surface area contributed by atoms with Crippen LogP contribution in [0.25, 0.3) is 0 Å². The summed E-state index contributed by atoms with van der Waals surface area (Å²) in [5, 5.41) is -0.311. The number of ether oxygens (including phenoxy) is 2. The van der Waals surface area contributed by atoms with Crippen LogP contribution in [0.2, 0.25) is 0 Å². The zero-order chi connectivity index (χ0) is 10.4. The molecule has 1 rings (SSSR count). The van der Waals surface area contributed by atoms with Crippen LogP contribution in [0.15, 0.2) is 29.2 Å². The molecule has 0 unspecified atom stereocenters. The maximum Gasteiger partial charge on any atom is 0.371 e. The van der Waals surface area contributed by atoms with E-state index in [4.69, 9.17) is 4.74 Å². The zero-order valence-electron chi connectivity index (χ0n) is 8.15. The Hall–Kier alpha value is -1.16. The fraction of sp³-hybridized carbons (Fsp3) is 0.300. The van der Waals surface area contributed by atoms with Gasteiger partial charge in [0, 0.05) is 4.90 Å². The third kappa shape index (κ3) is 3.30. The van der Waals surface area contributed by atoms with Crippen molar-refractivity contribution in [3.8, 4) is 5.75 Å². The van der Waals surface area contributed by atoms with Crippen molar-refractivity contribution in [3.63, 3.8) is 0 Å². The van der Waals surface area contributed by atoms with Crippen molar-refractivity contribution in [3.05, 3.63) is 24.3 Å².